The number of rotatable bonds is 3. The summed E-state index contributed by atoms with van der Waals surface area (Å²) in [4.78, 5) is 0. The summed E-state index contributed by atoms with van der Waals surface area (Å²) in [6, 6.07) is 0. The molecule has 2 saturated heterocycles. The highest BCUT2D eigenvalue weighted by Gasteiger charge is 2.48. The molecule has 5 heteroatoms. The van der Waals surface area contributed by atoms with Crippen molar-refractivity contribution in [2.45, 2.75) is 64.2 Å². The second-order valence-corrected chi connectivity index (χ2v) is 5.29. The molecular weight excluding hydrogens is 212 g/mol. The average Bonchev–Trinajstić information content (AvgIpc) is 2.52. The van der Waals surface area contributed by atoms with Gasteiger partial charge in [0.1, 0.15) is 6.10 Å². The summed E-state index contributed by atoms with van der Waals surface area (Å²) in [5.41, 5.74) is 0. The van der Waals surface area contributed by atoms with Crippen molar-refractivity contribution < 1.29 is 24.1 Å². The molecule has 2 aliphatic heterocycles. The number of aliphatic hydroxyl groups is 1. The Hall–Kier alpha value is -0.200. The zero-order chi connectivity index (χ0) is 12.0. The van der Waals surface area contributed by atoms with Crippen LogP contribution in [0.2, 0.25) is 0 Å². The number of hydrogen-bond acceptors (Lipinski definition) is 5. The molecule has 3 atom stereocenters. The van der Waals surface area contributed by atoms with E-state index >= 15 is 0 Å². The zero-order valence-corrected chi connectivity index (χ0v) is 10.2. The van der Waals surface area contributed by atoms with Gasteiger partial charge in [-0.15, -0.1) is 0 Å². The fourth-order valence-corrected chi connectivity index (χ4v) is 1.99. The molecule has 94 valence electrons. The lowest BCUT2D eigenvalue weighted by Gasteiger charge is -2.23. The van der Waals surface area contributed by atoms with E-state index in [-0.39, 0.29) is 18.5 Å². The SMILES string of the molecule is CC(C)(O)OCC1C[C@@H]2OC(C)(C)O[C@@H]2O1. The topological polar surface area (TPSA) is 57.2 Å². The van der Waals surface area contributed by atoms with E-state index in [0.717, 1.165) is 6.42 Å². The molecule has 5 nitrogen and oxygen atoms in total. The maximum atomic E-state index is 9.42. The van der Waals surface area contributed by atoms with Crippen LogP contribution in [-0.4, -0.2) is 41.8 Å². The molecule has 0 amide bonds. The van der Waals surface area contributed by atoms with Gasteiger partial charge < -0.3 is 24.1 Å². The minimum Gasteiger partial charge on any atom is -0.366 e. The van der Waals surface area contributed by atoms with Gasteiger partial charge in [0.15, 0.2) is 17.9 Å². The molecule has 0 bridgehead atoms. The Morgan fingerprint density at radius 3 is 2.62 bits per heavy atom. The molecule has 1 N–H and O–H groups in total. The molecule has 2 fully saturated rings. The van der Waals surface area contributed by atoms with Crippen molar-refractivity contribution in [2.75, 3.05) is 6.61 Å². The van der Waals surface area contributed by atoms with Crippen LogP contribution in [0.25, 0.3) is 0 Å². The van der Waals surface area contributed by atoms with Crippen LogP contribution in [0, 0.1) is 0 Å². The maximum absolute atomic E-state index is 9.42. The van der Waals surface area contributed by atoms with Crippen LogP contribution >= 0.6 is 0 Å². The summed E-state index contributed by atoms with van der Waals surface area (Å²) < 4.78 is 22.1. The van der Waals surface area contributed by atoms with E-state index in [1.807, 2.05) is 13.8 Å². The number of ether oxygens (including phenoxy) is 4. The highest BCUT2D eigenvalue weighted by atomic mass is 16.8. The molecule has 16 heavy (non-hydrogen) atoms. The second kappa shape index (κ2) is 3.92. The van der Waals surface area contributed by atoms with Crippen molar-refractivity contribution in [1.29, 1.82) is 0 Å². The van der Waals surface area contributed by atoms with Crippen molar-refractivity contribution in [3.63, 3.8) is 0 Å². The summed E-state index contributed by atoms with van der Waals surface area (Å²) >= 11 is 0. The monoisotopic (exact) mass is 232 g/mol. The van der Waals surface area contributed by atoms with Crippen LogP contribution in [0.5, 0.6) is 0 Å². The summed E-state index contributed by atoms with van der Waals surface area (Å²) in [6.07, 6.45) is 0.345. The fourth-order valence-electron chi connectivity index (χ4n) is 1.99. The van der Waals surface area contributed by atoms with Gasteiger partial charge >= 0.3 is 0 Å². The first-order valence-corrected chi connectivity index (χ1v) is 5.63. The zero-order valence-electron chi connectivity index (χ0n) is 10.2. The molecule has 2 heterocycles. The van der Waals surface area contributed by atoms with E-state index in [2.05, 4.69) is 0 Å². The Morgan fingerprint density at radius 1 is 1.38 bits per heavy atom. The smallest absolute Gasteiger partial charge is 0.187 e. The maximum Gasteiger partial charge on any atom is 0.187 e. The first-order chi connectivity index (χ1) is 7.25. The van der Waals surface area contributed by atoms with Crippen molar-refractivity contribution in [3.8, 4) is 0 Å². The first kappa shape index (κ1) is 12.3. The van der Waals surface area contributed by atoms with Crippen LogP contribution in [0.4, 0.5) is 0 Å². The standard InChI is InChI=1S/C11H20O5/c1-10(2,12)13-6-7-5-8-9(14-7)16-11(3,4)15-8/h7-9,12H,5-6H2,1-4H3/t7?,8-,9-/m0/s1. The van der Waals surface area contributed by atoms with Gasteiger partial charge in [-0.05, 0) is 27.7 Å². The summed E-state index contributed by atoms with van der Waals surface area (Å²) in [5.74, 6) is -1.68. The lowest BCUT2D eigenvalue weighted by molar-refractivity contribution is -0.230. The highest BCUT2D eigenvalue weighted by Crippen LogP contribution is 2.37. The Kier molecular flexibility index (Phi) is 3.01. The van der Waals surface area contributed by atoms with Gasteiger partial charge in [-0.2, -0.15) is 0 Å². The Balaban J connectivity index is 1.79. The van der Waals surface area contributed by atoms with Gasteiger partial charge in [-0.3, -0.25) is 0 Å². The second-order valence-electron chi connectivity index (χ2n) is 5.29. The van der Waals surface area contributed by atoms with Crippen LogP contribution < -0.4 is 0 Å². The van der Waals surface area contributed by atoms with Crippen LogP contribution in [0.1, 0.15) is 34.1 Å². The van der Waals surface area contributed by atoms with Gasteiger partial charge in [0, 0.05) is 6.42 Å². The Labute approximate surface area is 95.6 Å². The van der Waals surface area contributed by atoms with Crippen molar-refractivity contribution in [3.05, 3.63) is 0 Å². The molecular formula is C11H20O5. The van der Waals surface area contributed by atoms with Crippen LogP contribution in [0.3, 0.4) is 0 Å². The first-order valence-electron chi connectivity index (χ1n) is 5.63. The lowest BCUT2D eigenvalue weighted by Crippen LogP contribution is -2.30. The quantitative estimate of drug-likeness (QED) is 0.736. The van der Waals surface area contributed by atoms with Crippen molar-refractivity contribution in [1.82, 2.24) is 0 Å². The van der Waals surface area contributed by atoms with E-state index in [9.17, 15) is 5.11 Å². The fraction of sp³-hybridized carbons (Fsp3) is 1.00. The van der Waals surface area contributed by atoms with Crippen molar-refractivity contribution in [2.24, 2.45) is 0 Å². The van der Waals surface area contributed by atoms with E-state index in [0.29, 0.717) is 6.61 Å². The van der Waals surface area contributed by atoms with Gasteiger partial charge in [0.05, 0.1) is 12.7 Å². The average molecular weight is 232 g/mol. The predicted molar refractivity (Wildman–Crippen MR) is 55.6 cm³/mol. The molecule has 0 aromatic heterocycles. The minimum atomic E-state index is -1.12. The predicted octanol–water partition coefficient (Wildman–Crippen LogP) is 0.998. The summed E-state index contributed by atoms with van der Waals surface area (Å²) in [6.45, 7) is 7.29. The number of hydrogen-bond donors (Lipinski definition) is 1. The highest BCUT2D eigenvalue weighted by molar-refractivity contribution is 4.85. The minimum absolute atomic E-state index is 0.0228. The summed E-state index contributed by atoms with van der Waals surface area (Å²) in [5, 5.41) is 9.42. The normalized spacial score (nSPS) is 37.7. The summed E-state index contributed by atoms with van der Waals surface area (Å²) in [7, 11) is 0. The molecule has 0 radical (unpaired) electrons. The third-order valence-corrected chi connectivity index (χ3v) is 2.58. The number of fused-ring (bicyclic) bond motifs is 1. The van der Waals surface area contributed by atoms with Gasteiger partial charge in [-0.1, -0.05) is 0 Å². The Bertz CT molecular complexity index is 242. The third kappa shape index (κ3) is 2.93. The van der Waals surface area contributed by atoms with E-state index in [1.54, 1.807) is 13.8 Å². The molecule has 0 aliphatic carbocycles. The van der Waals surface area contributed by atoms with Gasteiger partial charge in [0.2, 0.25) is 0 Å². The molecule has 2 aliphatic rings. The van der Waals surface area contributed by atoms with E-state index < -0.39 is 11.6 Å². The van der Waals surface area contributed by atoms with Gasteiger partial charge in [-0.25, -0.2) is 0 Å². The molecule has 0 aromatic carbocycles. The largest absolute Gasteiger partial charge is 0.366 e. The molecule has 2 rings (SSSR count). The molecule has 0 spiro atoms. The van der Waals surface area contributed by atoms with E-state index in [4.69, 9.17) is 18.9 Å². The Morgan fingerprint density at radius 2 is 2.06 bits per heavy atom. The molecule has 0 aromatic rings. The van der Waals surface area contributed by atoms with E-state index in [1.165, 1.54) is 0 Å². The molecule has 0 saturated carbocycles. The van der Waals surface area contributed by atoms with Gasteiger partial charge in [0.25, 0.3) is 0 Å². The van der Waals surface area contributed by atoms with Crippen molar-refractivity contribution >= 4 is 0 Å². The third-order valence-electron chi connectivity index (χ3n) is 2.58. The van der Waals surface area contributed by atoms with Crippen LogP contribution in [0.15, 0.2) is 0 Å². The van der Waals surface area contributed by atoms with Crippen LogP contribution in [-0.2, 0) is 18.9 Å². The lowest BCUT2D eigenvalue weighted by atomic mass is 10.2. The molecule has 1 unspecified atom stereocenters.